The van der Waals surface area contributed by atoms with Crippen molar-refractivity contribution in [3.63, 3.8) is 0 Å². The van der Waals surface area contributed by atoms with Crippen LogP contribution >= 0.6 is 11.8 Å². The summed E-state index contributed by atoms with van der Waals surface area (Å²) in [7, 11) is 0. The third-order valence-electron chi connectivity index (χ3n) is 5.11. The lowest BCUT2D eigenvalue weighted by molar-refractivity contribution is -0.146. The van der Waals surface area contributed by atoms with Crippen molar-refractivity contribution in [1.29, 1.82) is 0 Å². The fourth-order valence-electron chi connectivity index (χ4n) is 3.22. The van der Waals surface area contributed by atoms with Crippen molar-refractivity contribution >= 4 is 23.6 Å². The predicted molar refractivity (Wildman–Crippen MR) is 102 cm³/mol. The highest BCUT2D eigenvalue weighted by atomic mass is 32.2. The standard InChI is InChI=1S/C20H29NO3S/c1-13-8-9-15(3)18(10-13)25-12-20(23)24-11-19(22)21-17-7-5-6-14(2)16(17)4/h8-10,14,16-17H,5-7,11-12H2,1-4H3,(H,21,22)/t14-,16-,17+/m1/s1. The lowest BCUT2D eigenvalue weighted by atomic mass is 9.78. The Morgan fingerprint density at radius 1 is 1.24 bits per heavy atom. The van der Waals surface area contributed by atoms with E-state index in [1.807, 2.05) is 19.9 Å². The van der Waals surface area contributed by atoms with E-state index in [9.17, 15) is 9.59 Å². The second-order valence-corrected chi connectivity index (χ2v) is 8.18. The Labute approximate surface area is 155 Å². The first-order valence-electron chi connectivity index (χ1n) is 9.02. The Hall–Kier alpha value is -1.49. The van der Waals surface area contributed by atoms with Gasteiger partial charge in [0.2, 0.25) is 0 Å². The van der Waals surface area contributed by atoms with Crippen LogP contribution in [0.2, 0.25) is 0 Å². The van der Waals surface area contributed by atoms with Crippen molar-refractivity contribution in [3.05, 3.63) is 29.3 Å². The number of aryl methyl sites for hydroxylation is 2. The van der Waals surface area contributed by atoms with E-state index < -0.39 is 0 Å². The summed E-state index contributed by atoms with van der Waals surface area (Å²) < 4.78 is 5.13. The molecule has 0 aliphatic heterocycles. The van der Waals surface area contributed by atoms with Crippen molar-refractivity contribution in [2.75, 3.05) is 12.4 Å². The largest absolute Gasteiger partial charge is 0.455 e. The molecule has 0 spiro atoms. The molecule has 0 aromatic heterocycles. The fraction of sp³-hybridized carbons (Fsp3) is 0.600. The molecule has 0 bridgehead atoms. The molecule has 2 rings (SSSR count). The van der Waals surface area contributed by atoms with Crippen LogP contribution in [-0.2, 0) is 14.3 Å². The van der Waals surface area contributed by atoms with Crippen LogP contribution in [-0.4, -0.2) is 30.3 Å². The summed E-state index contributed by atoms with van der Waals surface area (Å²) in [5, 5.41) is 3.02. The maximum absolute atomic E-state index is 12.0. The Morgan fingerprint density at radius 2 is 2.00 bits per heavy atom. The van der Waals surface area contributed by atoms with Gasteiger partial charge in [-0.25, -0.2) is 0 Å². The Morgan fingerprint density at radius 3 is 2.76 bits per heavy atom. The number of thioether (sulfide) groups is 1. The Balaban J connectivity index is 1.72. The van der Waals surface area contributed by atoms with Gasteiger partial charge in [-0.3, -0.25) is 9.59 Å². The van der Waals surface area contributed by atoms with Crippen LogP contribution in [0.5, 0.6) is 0 Å². The molecule has 1 aromatic carbocycles. The van der Waals surface area contributed by atoms with E-state index in [2.05, 4.69) is 31.3 Å². The van der Waals surface area contributed by atoms with E-state index >= 15 is 0 Å². The molecule has 0 unspecified atom stereocenters. The van der Waals surface area contributed by atoms with Crippen molar-refractivity contribution < 1.29 is 14.3 Å². The molecule has 0 radical (unpaired) electrons. The Kier molecular flexibility index (Phi) is 7.36. The first kappa shape index (κ1) is 19.8. The smallest absolute Gasteiger partial charge is 0.316 e. The van der Waals surface area contributed by atoms with Gasteiger partial charge in [0, 0.05) is 10.9 Å². The van der Waals surface area contributed by atoms with E-state index in [0.29, 0.717) is 11.8 Å². The highest BCUT2D eigenvalue weighted by Gasteiger charge is 2.28. The summed E-state index contributed by atoms with van der Waals surface area (Å²) in [5.41, 5.74) is 2.30. The molecule has 0 saturated heterocycles. The van der Waals surface area contributed by atoms with Crippen LogP contribution in [0.25, 0.3) is 0 Å². The van der Waals surface area contributed by atoms with Crippen LogP contribution in [0.15, 0.2) is 23.1 Å². The Bertz CT molecular complexity index is 617. The van der Waals surface area contributed by atoms with E-state index in [4.69, 9.17) is 4.74 Å². The summed E-state index contributed by atoms with van der Waals surface area (Å²) in [6.45, 7) is 8.27. The quantitative estimate of drug-likeness (QED) is 0.615. The highest BCUT2D eigenvalue weighted by molar-refractivity contribution is 8.00. The van der Waals surface area contributed by atoms with Crippen LogP contribution in [0, 0.1) is 25.7 Å². The van der Waals surface area contributed by atoms with E-state index in [1.165, 1.54) is 18.2 Å². The van der Waals surface area contributed by atoms with Crippen LogP contribution in [0.4, 0.5) is 0 Å². The molecule has 3 atom stereocenters. The van der Waals surface area contributed by atoms with Gasteiger partial charge in [0.05, 0.1) is 5.75 Å². The zero-order chi connectivity index (χ0) is 18.4. The number of hydrogen-bond donors (Lipinski definition) is 1. The number of amides is 1. The van der Waals surface area contributed by atoms with Crippen molar-refractivity contribution in [3.8, 4) is 0 Å². The van der Waals surface area contributed by atoms with Crippen molar-refractivity contribution in [2.45, 2.75) is 57.9 Å². The minimum atomic E-state index is -0.355. The van der Waals surface area contributed by atoms with E-state index in [-0.39, 0.29) is 30.3 Å². The molecular formula is C20H29NO3S. The molecule has 4 nitrogen and oxygen atoms in total. The van der Waals surface area contributed by atoms with Gasteiger partial charge < -0.3 is 10.1 Å². The predicted octanol–water partition coefficient (Wildman–Crippen LogP) is 3.88. The van der Waals surface area contributed by atoms with Gasteiger partial charge in [-0.15, -0.1) is 11.8 Å². The number of carbonyl (C=O) groups is 2. The molecule has 1 aromatic rings. The van der Waals surface area contributed by atoms with Gasteiger partial charge in [0.25, 0.3) is 5.91 Å². The number of hydrogen-bond acceptors (Lipinski definition) is 4. The molecule has 1 N–H and O–H groups in total. The number of rotatable bonds is 6. The van der Waals surface area contributed by atoms with Gasteiger partial charge in [0.15, 0.2) is 6.61 Å². The maximum Gasteiger partial charge on any atom is 0.316 e. The normalized spacial score (nSPS) is 23.1. The van der Waals surface area contributed by atoms with E-state index in [0.717, 1.165) is 28.9 Å². The van der Waals surface area contributed by atoms with Crippen molar-refractivity contribution in [1.82, 2.24) is 5.32 Å². The number of carbonyl (C=O) groups excluding carboxylic acids is 2. The first-order chi connectivity index (χ1) is 11.9. The zero-order valence-corrected chi connectivity index (χ0v) is 16.4. The number of nitrogens with one attached hydrogen (secondary N) is 1. The lowest BCUT2D eigenvalue weighted by Crippen LogP contribution is -2.45. The second-order valence-electron chi connectivity index (χ2n) is 7.16. The monoisotopic (exact) mass is 363 g/mol. The molecule has 1 fully saturated rings. The minimum absolute atomic E-state index is 0.191. The average molecular weight is 364 g/mol. The third kappa shape index (κ3) is 6.07. The summed E-state index contributed by atoms with van der Waals surface area (Å²) in [4.78, 5) is 25.0. The number of ether oxygens (including phenoxy) is 1. The number of benzene rings is 1. The molecule has 1 aliphatic rings. The summed E-state index contributed by atoms with van der Waals surface area (Å²) >= 11 is 1.45. The molecular weight excluding hydrogens is 334 g/mol. The fourth-order valence-corrected chi connectivity index (χ4v) is 4.14. The van der Waals surface area contributed by atoms with Crippen LogP contribution in [0.1, 0.15) is 44.2 Å². The summed E-state index contributed by atoms with van der Waals surface area (Å²) in [6, 6.07) is 6.35. The van der Waals surface area contributed by atoms with Gasteiger partial charge in [-0.2, -0.15) is 0 Å². The molecule has 1 aliphatic carbocycles. The average Bonchev–Trinajstić information content (AvgIpc) is 2.58. The number of esters is 1. The second kappa shape index (κ2) is 9.27. The zero-order valence-electron chi connectivity index (χ0n) is 15.6. The van der Waals surface area contributed by atoms with Gasteiger partial charge in [0.1, 0.15) is 0 Å². The molecule has 1 saturated carbocycles. The SMILES string of the molecule is Cc1ccc(C)c(SCC(=O)OCC(=O)N[C@H]2CCC[C@@H](C)[C@H]2C)c1. The van der Waals surface area contributed by atoms with Crippen LogP contribution < -0.4 is 5.32 Å². The molecule has 25 heavy (non-hydrogen) atoms. The summed E-state index contributed by atoms with van der Waals surface area (Å²) in [6.07, 6.45) is 3.37. The molecule has 138 valence electrons. The topological polar surface area (TPSA) is 55.4 Å². The van der Waals surface area contributed by atoms with Gasteiger partial charge >= 0.3 is 5.97 Å². The van der Waals surface area contributed by atoms with Gasteiger partial charge in [-0.1, -0.05) is 44.4 Å². The first-order valence-corrected chi connectivity index (χ1v) is 10.0. The third-order valence-corrected chi connectivity index (χ3v) is 6.24. The van der Waals surface area contributed by atoms with Crippen molar-refractivity contribution in [2.24, 2.45) is 11.8 Å². The minimum Gasteiger partial charge on any atom is -0.455 e. The molecule has 0 heterocycles. The molecule has 5 heteroatoms. The van der Waals surface area contributed by atoms with E-state index in [1.54, 1.807) is 0 Å². The molecule has 1 amide bonds. The summed E-state index contributed by atoms with van der Waals surface area (Å²) in [5.74, 6) is 0.750. The maximum atomic E-state index is 12.0. The highest BCUT2D eigenvalue weighted by Crippen LogP contribution is 2.29. The van der Waals surface area contributed by atoms with Crippen LogP contribution in [0.3, 0.4) is 0 Å². The van der Waals surface area contributed by atoms with Gasteiger partial charge in [-0.05, 0) is 43.7 Å². The lowest BCUT2D eigenvalue weighted by Gasteiger charge is -2.34.